The van der Waals surface area contributed by atoms with Crippen molar-refractivity contribution >= 4 is 11.7 Å². The third kappa shape index (κ3) is 1.95. The van der Waals surface area contributed by atoms with Gasteiger partial charge in [-0.15, -0.1) is 0 Å². The Morgan fingerprint density at radius 2 is 2.22 bits per heavy atom. The molecule has 0 aromatic heterocycles. The van der Waals surface area contributed by atoms with E-state index in [2.05, 4.69) is 0 Å². The Hall–Kier alpha value is -1.59. The number of nitrogens with two attached hydrogens (primary N) is 1. The molecule has 18 heavy (non-hydrogen) atoms. The molecule has 2 rings (SSSR count). The van der Waals surface area contributed by atoms with Gasteiger partial charge in [-0.3, -0.25) is 4.79 Å². The van der Waals surface area contributed by atoms with E-state index in [-0.39, 0.29) is 13.0 Å². The molecule has 1 aliphatic heterocycles. The van der Waals surface area contributed by atoms with Gasteiger partial charge in [0.25, 0.3) is 0 Å². The van der Waals surface area contributed by atoms with E-state index >= 15 is 0 Å². The minimum atomic E-state index is -1.03. The second-order valence-corrected chi connectivity index (χ2v) is 4.96. The number of anilines is 1. The van der Waals surface area contributed by atoms with E-state index in [0.717, 1.165) is 11.3 Å². The first-order chi connectivity index (χ1) is 8.50. The number of hydrogen-bond donors (Lipinski definition) is 3. The van der Waals surface area contributed by atoms with Gasteiger partial charge in [0, 0.05) is 24.7 Å². The quantitative estimate of drug-likeness (QED) is 0.709. The highest BCUT2D eigenvalue weighted by Crippen LogP contribution is 2.42. The number of nitrogens with zero attached hydrogens (tertiary/aromatic N) is 1. The second-order valence-electron chi connectivity index (χ2n) is 4.96. The Morgan fingerprint density at radius 1 is 1.56 bits per heavy atom. The van der Waals surface area contributed by atoms with E-state index in [1.807, 2.05) is 36.2 Å². The number of aliphatic hydroxyl groups excluding tert-OH is 1. The molecule has 1 aromatic carbocycles. The van der Waals surface area contributed by atoms with Crippen molar-refractivity contribution in [3.8, 4) is 0 Å². The maximum atomic E-state index is 10.9. The first-order valence-corrected chi connectivity index (χ1v) is 5.90. The molecule has 0 amide bonds. The van der Waals surface area contributed by atoms with Crippen LogP contribution in [0.4, 0.5) is 5.69 Å². The molecule has 1 heterocycles. The Bertz CT molecular complexity index is 463. The van der Waals surface area contributed by atoms with Gasteiger partial charge < -0.3 is 20.8 Å². The first-order valence-electron chi connectivity index (χ1n) is 5.90. The molecule has 0 fully saturated rings. The molecule has 0 saturated carbocycles. The first kappa shape index (κ1) is 12.9. The fourth-order valence-electron chi connectivity index (χ4n) is 2.76. The van der Waals surface area contributed by atoms with Gasteiger partial charge in [0.05, 0.1) is 6.61 Å². The Kier molecular flexibility index (Phi) is 3.28. The van der Waals surface area contributed by atoms with Gasteiger partial charge in [-0.2, -0.15) is 0 Å². The van der Waals surface area contributed by atoms with Gasteiger partial charge in [0.2, 0.25) is 0 Å². The van der Waals surface area contributed by atoms with Crippen LogP contribution in [-0.4, -0.2) is 42.4 Å². The van der Waals surface area contributed by atoms with Crippen LogP contribution in [0.5, 0.6) is 0 Å². The monoisotopic (exact) mass is 250 g/mol. The third-order valence-corrected chi connectivity index (χ3v) is 3.66. The molecular formula is C13H18N2O3. The van der Waals surface area contributed by atoms with Gasteiger partial charge in [-0.05, 0) is 18.1 Å². The van der Waals surface area contributed by atoms with Crippen molar-refractivity contribution in [2.24, 2.45) is 5.73 Å². The summed E-state index contributed by atoms with van der Waals surface area (Å²) in [4.78, 5) is 12.9. The second kappa shape index (κ2) is 4.59. The average Bonchev–Trinajstić information content (AvgIpc) is 2.64. The average molecular weight is 250 g/mol. The van der Waals surface area contributed by atoms with Crippen LogP contribution in [0.15, 0.2) is 24.3 Å². The molecular weight excluding hydrogens is 232 g/mol. The van der Waals surface area contributed by atoms with Gasteiger partial charge in [-0.25, -0.2) is 0 Å². The number of carbonyl (C=O) groups is 1. The number of benzene rings is 1. The van der Waals surface area contributed by atoms with Crippen LogP contribution in [0.2, 0.25) is 0 Å². The number of aliphatic hydroxyl groups is 1. The lowest BCUT2D eigenvalue weighted by atomic mass is 9.78. The van der Waals surface area contributed by atoms with Crippen LogP contribution >= 0.6 is 0 Å². The maximum absolute atomic E-state index is 10.9. The van der Waals surface area contributed by atoms with Crippen LogP contribution in [0.3, 0.4) is 0 Å². The molecule has 1 aromatic rings. The predicted octanol–water partition coefficient (Wildman–Crippen LogP) is 0.169. The molecule has 0 bridgehead atoms. The minimum Gasteiger partial charge on any atom is -0.480 e. The summed E-state index contributed by atoms with van der Waals surface area (Å²) in [5.74, 6) is -1.03. The van der Waals surface area contributed by atoms with Crippen LogP contribution in [0.1, 0.15) is 12.0 Å². The van der Waals surface area contributed by atoms with E-state index in [1.54, 1.807) is 0 Å². The minimum absolute atomic E-state index is 0.102. The Labute approximate surface area is 106 Å². The molecule has 5 heteroatoms. The zero-order valence-electron chi connectivity index (χ0n) is 10.3. The van der Waals surface area contributed by atoms with Gasteiger partial charge in [0.1, 0.15) is 6.04 Å². The summed E-state index contributed by atoms with van der Waals surface area (Å²) in [7, 11) is 1.93. The van der Waals surface area contributed by atoms with Gasteiger partial charge in [-0.1, -0.05) is 18.2 Å². The van der Waals surface area contributed by atoms with Crippen molar-refractivity contribution in [3.63, 3.8) is 0 Å². The molecule has 98 valence electrons. The summed E-state index contributed by atoms with van der Waals surface area (Å²) in [5, 5.41) is 18.7. The van der Waals surface area contributed by atoms with E-state index in [1.165, 1.54) is 0 Å². The zero-order valence-corrected chi connectivity index (χ0v) is 10.3. The predicted molar refractivity (Wildman–Crippen MR) is 68.7 cm³/mol. The lowest BCUT2D eigenvalue weighted by molar-refractivity contribution is -0.139. The van der Waals surface area contributed by atoms with Crippen molar-refractivity contribution in [1.82, 2.24) is 0 Å². The van der Waals surface area contributed by atoms with Gasteiger partial charge in [0.15, 0.2) is 0 Å². The van der Waals surface area contributed by atoms with Crippen molar-refractivity contribution in [2.45, 2.75) is 17.9 Å². The smallest absolute Gasteiger partial charge is 0.320 e. The zero-order chi connectivity index (χ0) is 13.3. The lowest BCUT2D eigenvalue weighted by Gasteiger charge is -2.29. The van der Waals surface area contributed by atoms with Crippen LogP contribution < -0.4 is 10.6 Å². The summed E-state index contributed by atoms with van der Waals surface area (Å²) < 4.78 is 0. The van der Waals surface area contributed by atoms with E-state index < -0.39 is 17.4 Å². The number of para-hydroxylation sites is 1. The molecule has 1 aliphatic rings. The standard InChI is InChI=1S/C13H18N2O3/c1-15-7-13(8-16,6-10(14)12(17)18)9-4-2-3-5-11(9)15/h2-5,10,16H,6-8,14H2,1H3,(H,17,18). The Balaban J connectivity index is 2.38. The van der Waals surface area contributed by atoms with Crippen molar-refractivity contribution in [3.05, 3.63) is 29.8 Å². The van der Waals surface area contributed by atoms with Crippen LogP contribution in [-0.2, 0) is 10.2 Å². The summed E-state index contributed by atoms with van der Waals surface area (Å²) in [6.45, 7) is 0.485. The molecule has 0 saturated heterocycles. The number of aliphatic carboxylic acids is 1. The van der Waals surface area contributed by atoms with Crippen LogP contribution in [0.25, 0.3) is 0 Å². The highest BCUT2D eigenvalue weighted by atomic mass is 16.4. The normalized spacial score (nSPS) is 23.8. The molecule has 0 spiro atoms. The fraction of sp³-hybridized carbons (Fsp3) is 0.462. The summed E-state index contributed by atoms with van der Waals surface area (Å²) >= 11 is 0. The number of likely N-dealkylation sites (N-methyl/N-ethyl adjacent to an activating group) is 1. The number of carboxylic acid groups (broad SMARTS) is 1. The lowest BCUT2D eigenvalue weighted by Crippen LogP contribution is -2.44. The van der Waals surface area contributed by atoms with Crippen molar-refractivity contribution in [2.75, 3.05) is 25.1 Å². The highest BCUT2D eigenvalue weighted by molar-refractivity contribution is 5.74. The molecule has 4 N–H and O–H groups in total. The van der Waals surface area contributed by atoms with Crippen LogP contribution in [0, 0.1) is 0 Å². The fourth-order valence-corrected chi connectivity index (χ4v) is 2.76. The highest BCUT2D eigenvalue weighted by Gasteiger charge is 2.43. The maximum Gasteiger partial charge on any atom is 0.320 e. The number of rotatable bonds is 4. The van der Waals surface area contributed by atoms with Gasteiger partial charge >= 0.3 is 5.97 Å². The van der Waals surface area contributed by atoms with E-state index in [4.69, 9.17) is 10.8 Å². The number of carboxylic acids is 1. The largest absolute Gasteiger partial charge is 0.480 e. The summed E-state index contributed by atoms with van der Waals surface area (Å²) in [6.07, 6.45) is 0.236. The Morgan fingerprint density at radius 3 is 2.83 bits per heavy atom. The number of fused-ring (bicyclic) bond motifs is 1. The molecule has 0 aliphatic carbocycles. The van der Waals surface area contributed by atoms with Crippen molar-refractivity contribution in [1.29, 1.82) is 0 Å². The summed E-state index contributed by atoms with van der Waals surface area (Å²) in [6, 6.07) is 6.77. The molecule has 0 radical (unpaired) electrons. The molecule has 2 unspecified atom stereocenters. The molecule has 2 atom stereocenters. The van der Waals surface area contributed by atoms with E-state index in [0.29, 0.717) is 6.54 Å². The molecule has 5 nitrogen and oxygen atoms in total. The van der Waals surface area contributed by atoms with E-state index in [9.17, 15) is 9.90 Å². The van der Waals surface area contributed by atoms with Crippen molar-refractivity contribution < 1.29 is 15.0 Å². The topological polar surface area (TPSA) is 86.8 Å². The summed E-state index contributed by atoms with van der Waals surface area (Å²) in [5.41, 5.74) is 7.06. The number of hydrogen-bond acceptors (Lipinski definition) is 4. The third-order valence-electron chi connectivity index (χ3n) is 3.66. The SMILES string of the molecule is CN1CC(CO)(CC(N)C(=O)O)c2ccccc21.